The molecule has 4 saturated carbocycles. The molecule has 8 atom stereocenters. The Hall–Kier alpha value is -0.900. The maximum atomic E-state index is 12.7. The molecule has 0 radical (unpaired) electrons. The molecule has 1 aliphatic heterocycles. The standard InChI is InChI=1S/C24H38N2O2/c1-15-12-16-13-17(26-10-4-5-11-26)14-20(25-28)24(16,3)19-8-9-23(2)18(22(15)19)6-7-21(23)27/h15-19,22,28H,4-14H2,1-3H3/t15?,16?,17?,18-,19+,22-,23-,24-/m0/s1. The molecular formula is C24H38N2O2. The van der Waals surface area contributed by atoms with Crippen LogP contribution in [0.2, 0.25) is 0 Å². The van der Waals surface area contributed by atoms with Gasteiger partial charge in [-0.2, -0.15) is 0 Å². The maximum Gasteiger partial charge on any atom is 0.139 e. The summed E-state index contributed by atoms with van der Waals surface area (Å²) >= 11 is 0. The van der Waals surface area contributed by atoms with Crippen LogP contribution in [0, 0.1) is 40.4 Å². The van der Waals surface area contributed by atoms with Crippen LogP contribution in [-0.2, 0) is 4.79 Å². The van der Waals surface area contributed by atoms with E-state index in [1.165, 1.54) is 38.8 Å². The summed E-state index contributed by atoms with van der Waals surface area (Å²) < 4.78 is 0. The largest absolute Gasteiger partial charge is 0.411 e. The van der Waals surface area contributed by atoms with Gasteiger partial charge < -0.3 is 5.21 Å². The van der Waals surface area contributed by atoms with Crippen LogP contribution in [0.5, 0.6) is 0 Å². The van der Waals surface area contributed by atoms with Crippen molar-refractivity contribution >= 4 is 11.5 Å². The molecule has 0 aromatic heterocycles. The van der Waals surface area contributed by atoms with Gasteiger partial charge in [0.05, 0.1) is 5.71 Å². The third kappa shape index (κ3) is 2.45. The van der Waals surface area contributed by atoms with Crippen molar-refractivity contribution in [1.29, 1.82) is 0 Å². The Labute approximate surface area is 170 Å². The van der Waals surface area contributed by atoms with Crippen molar-refractivity contribution in [1.82, 2.24) is 4.90 Å². The first-order valence-corrected chi connectivity index (χ1v) is 11.9. The third-order valence-corrected chi connectivity index (χ3v) is 10.4. The zero-order valence-electron chi connectivity index (χ0n) is 18.0. The summed E-state index contributed by atoms with van der Waals surface area (Å²) in [5, 5.41) is 14.1. The number of Topliss-reactive ketones (excluding diaryl/α,β-unsaturated/α-hetero) is 1. The van der Waals surface area contributed by atoms with Gasteiger partial charge in [-0.3, -0.25) is 9.69 Å². The van der Waals surface area contributed by atoms with Gasteiger partial charge in [0.15, 0.2) is 0 Å². The summed E-state index contributed by atoms with van der Waals surface area (Å²) in [7, 11) is 0. The van der Waals surface area contributed by atoms with E-state index < -0.39 is 0 Å². The molecule has 0 aromatic carbocycles. The van der Waals surface area contributed by atoms with E-state index in [4.69, 9.17) is 0 Å². The number of carbonyl (C=O) groups is 1. The zero-order valence-corrected chi connectivity index (χ0v) is 18.0. The Morgan fingerprint density at radius 3 is 2.57 bits per heavy atom. The molecule has 0 spiro atoms. The molecule has 1 N–H and O–H groups in total. The molecule has 1 heterocycles. The Balaban J connectivity index is 1.48. The molecule has 28 heavy (non-hydrogen) atoms. The van der Waals surface area contributed by atoms with E-state index in [9.17, 15) is 10.0 Å². The molecule has 1 saturated heterocycles. The molecule has 0 amide bonds. The highest BCUT2D eigenvalue weighted by molar-refractivity contribution is 5.92. The minimum absolute atomic E-state index is 0.0229. The summed E-state index contributed by atoms with van der Waals surface area (Å²) in [6.45, 7) is 9.58. The normalized spacial score (nSPS) is 53.1. The van der Waals surface area contributed by atoms with Crippen LogP contribution >= 0.6 is 0 Å². The molecule has 5 rings (SSSR count). The van der Waals surface area contributed by atoms with E-state index in [1.54, 1.807) is 0 Å². The van der Waals surface area contributed by atoms with E-state index in [0.717, 1.165) is 37.8 Å². The quantitative estimate of drug-likeness (QED) is 0.523. The van der Waals surface area contributed by atoms with Crippen molar-refractivity contribution in [3.8, 4) is 0 Å². The number of ketones is 1. The lowest BCUT2D eigenvalue weighted by Crippen LogP contribution is -2.61. The maximum absolute atomic E-state index is 12.7. The number of rotatable bonds is 1. The van der Waals surface area contributed by atoms with Gasteiger partial charge in [-0.15, -0.1) is 0 Å². The lowest BCUT2D eigenvalue weighted by Gasteiger charge is -2.62. The lowest BCUT2D eigenvalue weighted by molar-refractivity contribution is -0.138. The third-order valence-electron chi connectivity index (χ3n) is 10.4. The monoisotopic (exact) mass is 386 g/mol. The predicted molar refractivity (Wildman–Crippen MR) is 110 cm³/mol. The lowest BCUT2D eigenvalue weighted by atomic mass is 9.42. The Bertz CT molecular complexity index is 684. The molecule has 4 nitrogen and oxygen atoms in total. The second-order valence-corrected chi connectivity index (χ2v) is 11.3. The molecule has 0 bridgehead atoms. The van der Waals surface area contributed by atoms with Crippen molar-refractivity contribution in [2.75, 3.05) is 13.1 Å². The predicted octanol–water partition coefficient (Wildman–Crippen LogP) is 4.75. The van der Waals surface area contributed by atoms with E-state index in [0.29, 0.717) is 41.4 Å². The van der Waals surface area contributed by atoms with Crippen LogP contribution in [0.25, 0.3) is 0 Å². The van der Waals surface area contributed by atoms with Crippen LogP contribution < -0.4 is 0 Å². The van der Waals surface area contributed by atoms with Gasteiger partial charge >= 0.3 is 0 Å². The highest BCUT2D eigenvalue weighted by Gasteiger charge is 2.63. The molecule has 0 aromatic rings. The number of hydrogen-bond acceptors (Lipinski definition) is 4. The highest BCUT2D eigenvalue weighted by Crippen LogP contribution is 2.66. The molecule has 3 unspecified atom stereocenters. The van der Waals surface area contributed by atoms with Crippen molar-refractivity contribution in [2.24, 2.45) is 45.6 Å². The first kappa shape index (κ1) is 19.1. The summed E-state index contributed by atoms with van der Waals surface area (Å²) in [6.07, 6.45) is 10.1. The van der Waals surface area contributed by atoms with Crippen molar-refractivity contribution in [3.63, 3.8) is 0 Å². The van der Waals surface area contributed by atoms with Gasteiger partial charge in [0.25, 0.3) is 0 Å². The molecule has 4 heteroatoms. The summed E-state index contributed by atoms with van der Waals surface area (Å²) in [5.74, 6) is 3.56. The Morgan fingerprint density at radius 2 is 1.86 bits per heavy atom. The van der Waals surface area contributed by atoms with Crippen LogP contribution in [0.1, 0.15) is 78.6 Å². The number of oxime groups is 1. The molecule has 4 aliphatic carbocycles. The fourth-order valence-corrected chi connectivity index (χ4v) is 8.79. The Morgan fingerprint density at radius 1 is 1.11 bits per heavy atom. The van der Waals surface area contributed by atoms with E-state index in [1.807, 2.05) is 0 Å². The minimum Gasteiger partial charge on any atom is -0.411 e. The van der Waals surface area contributed by atoms with E-state index in [-0.39, 0.29) is 10.8 Å². The highest BCUT2D eigenvalue weighted by atomic mass is 16.4. The smallest absolute Gasteiger partial charge is 0.139 e. The molecule has 5 aliphatic rings. The van der Waals surface area contributed by atoms with Gasteiger partial charge in [0.2, 0.25) is 0 Å². The fraction of sp³-hybridized carbons (Fsp3) is 0.917. The van der Waals surface area contributed by atoms with Crippen molar-refractivity contribution in [3.05, 3.63) is 0 Å². The molecule has 156 valence electrons. The number of carbonyl (C=O) groups excluding carboxylic acids is 1. The van der Waals surface area contributed by atoms with Crippen LogP contribution in [-0.4, -0.2) is 40.7 Å². The average molecular weight is 387 g/mol. The van der Waals surface area contributed by atoms with E-state index in [2.05, 4.69) is 30.8 Å². The zero-order chi connectivity index (χ0) is 19.7. The molecular weight excluding hydrogens is 348 g/mol. The van der Waals surface area contributed by atoms with Crippen LogP contribution in [0.3, 0.4) is 0 Å². The number of hydrogen-bond donors (Lipinski definition) is 1. The van der Waals surface area contributed by atoms with Gasteiger partial charge in [-0.25, -0.2) is 0 Å². The summed E-state index contributed by atoms with van der Waals surface area (Å²) in [4.78, 5) is 15.4. The van der Waals surface area contributed by atoms with Crippen LogP contribution in [0.4, 0.5) is 0 Å². The first-order chi connectivity index (χ1) is 13.4. The number of fused-ring (bicyclic) bond motifs is 5. The average Bonchev–Trinajstić information content (AvgIpc) is 3.31. The van der Waals surface area contributed by atoms with Gasteiger partial charge in [0, 0.05) is 29.7 Å². The van der Waals surface area contributed by atoms with Gasteiger partial charge in [-0.05, 0) is 87.6 Å². The Kier molecular flexibility index (Phi) is 4.47. The summed E-state index contributed by atoms with van der Waals surface area (Å²) in [6, 6.07) is 0.567. The van der Waals surface area contributed by atoms with Crippen LogP contribution in [0.15, 0.2) is 5.16 Å². The second kappa shape index (κ2) is 6.55. The number of nitrogens with zero attached hydrogens (tertiary/aromatic N) is 2. The molecule has 5 fully saturated rings. The SMILES string of the molecule is CC1CC2CC(N3CCCC3)CC(=NO)[C@]2(C)[C@@H]2CC[C@]3(C)C(=O)CC[C@H]3[C@H]12. The topological polar surface area (TPSA) is 52.9 Å². The summed E-state index contributed by atoms with van der Waals surface area (Å²) in [5.41, 5.74) is 1.02. The minimum atomic E-state index is -0.0815. The first-order valence-electron chi connectivity index (χ1n) is 11.9. The number of likely N-dealkylation sites (tertiary alicyclic amines) is 1. The van der Waals surface area contributed by atoms with Gasteiger partial charge in [0.1, 0.15) is 5.78 Å². The fourth-order valence-electron chi connectivity index (χ4n) is 8.79. The van der Waals surface area contributed by atoms with E-state index >= 15 is 0 Å². The van der Waals surface area contributed by atoms with Crippen molar-refractivity contribution < 1.29 is 10.0 Å². The van der Waals surface area contributed by atoms with Crippen molar-refractivity contribution in [2.45, 2.75) is 84.6 Å². The van der Waals surface area contributed by atoms with Gasteiger partial charge in [-0.1, -0.05) is 25.9 Å². The second-order valence-electron chi connectivity index (χ2n) is 11.3.